The molecule has 1 aromatic carbocycles. The number of hydrogen-bond acceptors (Lipinski definition) is 3. The first-order valence-corrected chi connectivity index (χ1v) is 9.45. The number of anilines is 1. The van der Waals surface area contributed by atoms with Crippen molar-refractivity contribution in [3.8, 4) is 0 Å². The van der Waals surface area contributed by atoms with Gasteiger partial charge in [0.1, 0.15) is 0 Å². The molecule has 0 saturated carbocycles. The van der Waals surface area contributed by atoms with E-state index in [0.29, 0.717) is 11.9 Å². The van der Waals surface area contributed by atoms with Gasteiger partial charge in [0.25, 0.3) is 0 Å². The second-order valence-electron chi connectivity index (χ2n) is 6.52. The van der Waals surface area contributed by atoms with E-state index in [0.717, 1.165) is 31.9 Å². The van der Waals surface area contributed by atoms with Gasteiger partial charge in [0.15, 0.2) is 5.96 Å². The molecule has 5 heteroatoms. The lowest BCUT2D eigenvalue weighted by atomic mass is 9.97. The molecule has 3 N–H and O–H groups in total. The Morgan fingerprint density at radius 3 is 2.67 bits per heavy atom. The zero-order valence-corrected chi connectivity index (χ0v) is 15.1. The molecular weight excluding hydrogens is 316 g/mol. The molecule has 2 aromatic rings. The van der Waals surface area contributed by atoms with Gasteiger partial charge >= 0.3 is 0 Å². The van der Waals surface area contributed by atoms with Crippen LogP contribution in [-0.4, -0.2) is 30.5 Å². The number of nitrogens with one attached hydrogen (secondary N) is 1. The van der Waals surface area contributed by atoms with Crippen molar-refractivity contribution in [2.45, 2.75) is 26.3 Å². The first-order valence-electron chi connectivity index (χ1n) is 8.57. The normalized spacial score (nSPS) is 17.1. The molecular formula is C19H26N4S. The lowest BCUT2D eigenvalue weighted by Gasteiger charge is -2.30. The largest absolute Gasteiger partial charge is 0.370 e. The average molecular weight is 343 g/mol. The first-order chi connectivity index (χ1) is 11.7. The molecule has 128 valence electrons. The molecule has 4 nitrogen and oxygen atoms in total. The maximum absolute atomic E-state index is 6.01. The highest BCUT2D eigenvalue weighted by Crippen LogP contribution is 2.21. The maximum atomic E-state index is 6.01. The highest BCUT2D eigenvalue weighted by Gasteiger charge is 2.19. The maximum Gasteiger partial charge on any atom is 0.193 e. The number of nitrogens with two attached hydrogens (primary N) is 1. The molecule has 24 heavy (non-hydrogen) atoms. The van der Waals surface area contributed by atoms with E-state index in [4.69, 9.17) is 5.73 Å². The SMILES string of the molecule is Cc1ccc(NC(N)=NCC2CCN(Cc3cccs3)CC2)cc1. The predicted molar refractivity (Wildman–Crippen MR) is 104 cm³/mol. The molecule has 0 unspecified atom stereocenters. The molecule has 0 spiro atoms. The topological polar surface area (TPSA) is 53.6 Å². The molecule has 1 aromatic heterocycles. The van der Waals surface area contributed by atoms with Gasteiger partial charge < -0.3 is 11.1 Å². The predicted octanol–water partition coefficient (Wildman–Crippen LogP) is 3.70. The summed E-state index contributed by atoms with van der Waals surface area (Å²) in [6.45, 7) is 6.29. The number of guanidine groups is 1. The van der Waals surface area contributed by atoms with Gasteiger partial charge in [-0.2, -0.15) is 0 Å². The van der Waals surface area contributed by atoms with E-state index < -0.39 is 0 Å². The van der Waals surface area contributed by atoms with Crippen molar-refractivity contribution in [1.82, 2.24) is 4.90 Å². The van der Waals surface area contributed by atoms with Crippen LogP contribution in [0.3, 0.4) is 0 Å². The molecule has 3 rings (SSSR count). The van der Waals surface area contributed by atoms with Crippen molar-refractivity contribution in [2.75, 3.05) is 25.0 Å². The number of benzene rings is 1. The monoisotopic (exact) mass is 342 g/mol. The Kier molecular flexibility index (Phi) is 5.88. The van der Waals surface area contributed by atoms with Crippen molar-refractivity contribution in [3.63, 3.8) is 0 Å². The van der Waals surface area contributed by atoms with Gasteiger partial charge in [0.2, 0.25) is 0 Å². The van der Waals surface area contributed by atoms with Crippen molar-refractivity contribution >= 4 is 23.0 Å². The van der Waals surface area contributed by atoms with Gasteiger partial charge in [-0.3, -0.25) is 9.89 Å². The van der Waals surface area contributed by atoms with Gasteiger partial charge in [-0.1, -0.05) is 23.8 Å². The summed E-state index contributed by atoms with van der Waals surface area (Å²) in [5.41, 5.74) is 8.24. The smallest absolute Gasteiger partial charge is 0.193 e. The lowest BCUT2D eigenvalue weighted by Crippen LogP contribution is -2.34. The summed E-state index contributed by atoms with van der Waals surface area (Å²) in [6, 6.07) is 12.5. The van der Waals surface area contributed by atoms with E-state index in [-0.39, 0.29) is 0 Å². The Bertz CT molecular complexity index is 641. The van der Waals surface area contributed by atoms with E-state index in [1.54, 1.807) is 0 Å². The van der Waals surface area contributed by atoms with E-state index in [1.165, 1.54) is 23.3 Å². The molecule has 0 amide bonds. The summed E-state index contributed by atoms with van der Waals surface area (Å²) in [7, 11) is 0. The number of hydrogen-bond donors (Lipinski definition) is 2. The molecule has 1 aliphatic heterocycles. The highest BCUT2D eigenvalue weighted by molar-refractivity contribution is 7.09. The average Bonchev–Trinajstić information content (AvgIpc) is 3.09. The Morgan fingerprint density at radius 2 is 2.00 bits per heavy atom. The van der Waals surface area contributed by atoms with Gasteiger partial charge in [-0.05, 0) is 62.4 Å². The van der Waals surface area contributed by atoms with E-state index in [1.807, 2.05) is 23.5 Å². The quantitative estimate of drug-likeness (QED) is 0.643. The summed E-state index contributed by atoms with van der Waals surface area (Å²) in [6.07, 6.45) is 2.40. The van der Waals surface area contributed by atoms with Crippen molar-refractivity contribution < 1.29 is 0 Å². The third-order valence-corrected chi connectivity index (χ3v) is 5.37. The molecule has 0 bridgehead atoms. The lowest BCUT2D eigenvalue weighted by molar-refractivity contribution is 0.182. The fourth-order valence-electron chi connectivity index (χ4n) is 3.00. The molecule has 2 heterocycles. The number of thiophene rings is 1. The summed E-state index contributed by atoms with van der Waals surface area (Å²) in [4.78, 5) is 8.53. The first kappa shape index (κ1) is 17.0. The minimum Gasteiger partial charge on any atom is -0.370 e. The Morgan fingerprint density at radius 1 is 1.25 bits per heavy atom. The third kappa shape index (κ3) is 5.08. The summed E-state index contributed by atoms with van der Waals surface area (Å²) in [5.74, 6) is 1.16. The highest BCUT2D eigenvalue weighted by atomic mass is 32.1. The second-order valence-corrected chi connectivity index (χ2v) is 7.55. The number of nitrogens with zero attached hydrogens (tertiary/aromatic N) is 2. The zero-order chi connectivity index (χ0) is 16.8. The Hall–Kier alpha value is -1.85. The van der Waals surface area contributed by atoms with E-state index in [9.17, 15) is 0 Å². The van der Waals surface area contributed by atoms with Crippen molar-refractivity contribution in [3.05, 3.63) is 52.2 Å². The van der Waals surface area contributed by atoms with Crippen LogP contribution >= 0.6 is 11.3 Å². The molecule has 1 saturated heterocycles. The minimum atomic E-state index is 0.514. The molecule has 0 atom stereocenters. The van der Waals surface area contributed by atoms with Crippen LogP contribution in [-0.2, 0) is 6.54 Å². The van der Waals surface area contributed by atoms with Crippen LogP contribution in [0.4, 0.5) is 5.69 Å². The fourth-order valence-corrected chi connectivity index (χ4v) is 3.75. The zero-order valence-electron chi connectivity index (χ0n) is 14.2. The number of piperidine rings is 1. The van der Waals surface area contributed by atoms with Crippen LogP contribution < -0.4 is 11.1 Å². The van der Waals surface area contributed by atoms with Crippen LogP contribution in [0.2, 0.25) is 0 Å². The summed E-state index contributed by atoms with van der Waals surface area (Å²) < 4.78 is 0. The third-order valence-electron chi connectivity index (χ3n) is 4.51. The van der Waals surface area contributed by atoms with Crippen molar-refractivity contribution in [1.29, 1.82) is 0 Å². The van der Waals surface area contributed by atoms with Gasteiger partial charge in [-0.15, -0.1) is 11.3 Å². The second kappa shape index (κ2) is 8.31. The van der Waals surface area contributed by atoms with Crippen LogP contribution in [0.5, 0.6) is 0 Å². The Labute approximate surface area is 148 Å². The molecule has 1 aliphatic rings. The Balaban J connectivity index is 1.41. The summed E-state index contributed by atoms with van der Waals surface area (Å²) in [5, 5.41) is 5.32. The van der Waals surface area contributed by atoms with Gasteiger partial charge in [0, 0.05) is 23.7 Å². The number of aliphatic imine (C=N–C) groups is 1. The number of likely N-dealkylation sites (tertiary alicyclic amines) is 1. The molecule has 1 fully saturated rings. The van der Waals surface area contributed by atoms with Crippen molar-refractivity contribution in [2.24, 2.45) is 16.6 Å². The summed E-state index contributed by atoms with van der Waals surface area (Å²) >= 11 is 1.84. The van der Waals surface area contributed by atoms with Crippen LogP contribution in [0.15, 0.2) is 46.8 Å². The van der Waals surface area contributed by atoms with Gasteiger partial charge in [-0.25, -0.2) is 0 Å². The van der Waals surface area contributed by atoms with Gasteiger partial charge in [0.05, 0.1) is 0 Å². The minimum absolute atomic E-state index is 0.514. The molecule has 0 radical (unpaired) electrons. The van der Waals surface area contributed by atoms with Crippen LogP contribution in [0.1, 0.15) is 23.3 Å². The fraction of sp³-hybridized carbons (Fsp3) is 0.421. The van der Waals surface area contributed by atoms with E-state index in [2.05, 4.69) is 51.8 Å². The molecule has 0 aliphatic carbocycles. The standard InChI is InChI=1S/C19H26N4S/c1-15-4-6-17(7-5-15)22-19(20)21-13-16-8-10-23(11-9-16)14-18-3-2-12-24-18/h2-7,12,16H,8-11,13-14H2,1H3,(H3,20,21,22). The number of rotatable bonds is 5. The number of aryl methyl sites for hydroxylation is 1. The van der Waals surface area contributed by atoms with E-state index >= 15 is 0 Å². The van der Waals surface area contributed by atoms with Crippen LogP contribution in [0.25, 0.3) is 0 Å². The van der Waals surface area contributed by atoms with Crippen LogP contribution in [0, 0.1) is 12.8 Å².